The molecule has 3 rings (SSSR count). The lowest BCUT2D eigenvalue weighted by atomic mass is 10.0. The summed E-state index contributed by atoms with van der Waals surface area (Å²) in [7, 11) is 0. The molecule has 5 nitrogen and oxygen atoms in total. The number of hydrogen-bond donors (Lipinski definition) is 0. The maximum absolute atomic E-state index is 12.6. The molecule has 1 fully saturated rings. The van der Waals surface area contributed by atoms with E-state index >= 15 is 0 Å². The van der Waals surface area contributed by atoms with Gasteiger partial charge in [-0.15, -0.1) is 0 Å². The highest BCUT2D eigenvalue weighted by Crippen LogP contribution is 2.24. The molecule has 0 N–H and O–H groups in total. The molecule has 2 aromatic rings. The van der Waals surface area contributed by atoms with Gasteiger partial charge in [0.25, 0.3) is 5.91 Å². The van der Waals surface area contributed by atoms with Gasteiger partial charge >= 0.3 is 0 Å². The molecule has 0 radical (unpaired) electrons. The second-order valence-electron chi connectivity index (χ2n) is 5.76. The fourth-order valence-corrected chi connectivity index (χ4v) is 2.49. The molecule has 1 aromatic carbocycles. The van der Waals surface area contributed by atoms with E-state index in [1.54, 1.807) is 11.0 Å². The Morgan fingerprint density at radius 1 is 1.29 bits per heavy atom. The highest BCUT2D eigenvalue weighted by atomic mass is 16.5. The van der Waals surface area contributed by atoms with Crippen molar-refractivity contribution in [3.63, 3.8) is 0 Å². The van der Waals surface area contributed by atoms with Crippen LogP contribution < -0.4 is 0 Å². The van der Waals surface area contributed by atoms with Crippen molar-refractivity contribution in [1.29, 1.82) is 0 Å². The van der Waals surface area contributed by atoms with Gasteiger partial charge in [-0.2, -0.15) is 0 Å². The lowest BCUT2D eigenvalue weighted by molar-refractivity contribution is -0.0374. The monoisotopic (exact) mass is 286 g/mol. The van der Waals surface area contributed by atoms with Gasteiger partial charge in [-0.3, -0.25) is 4.79 Å². The SMILES string of the molecule is CC1(C)COCCN1C(=O)c1cc(-c2ccccc2)on1. The van der Waals surface area contributed by atoms with Gasteiger partial charge in [0.1, 0.15) is 0 Å². The minimum absolute atomic E-state index is 0.116. The van der Waals surface area contributed by atoms with Gasteiger partial charge < -0.3 is 14.2 Å². The number of benzene rings is 1. The Morgan fingerprint density at radius 2 is 2.05 bits per heavy atom. The van der Waals surface area contributed by atoms with Crippen molar-refractivity contribution in [2.45, 2.75) is 19.4 Å². The normalized spacial score (nSPS) is 17.7. The standard InChI is InChI=1S/C16H18N2O3/c1-16(2)11-20-9-8-18(16)15(19)13-10-14(21-17-13)12-6-4-3-5-7-12/h3-7,10H,8-9,11H2,1-2H3. The lowest BCUT2D eigenvalue weighted by Gasteiger charge is -2.41. The van der Waals surface area contributed by atoms with Crippen LogP contribution in [0.3, 0.4) is 0 Å². The predicted octanol–water partition coefficient (Wildman–Crippen LogP) is 2.59. The molecule has 5 heteroatoms. The molecule has 1 amide bonds. The summed E-state index contributed by atoms with van der Waals surface area (Å²) in [5.74, 6) is 0.485. The highest BCUT2D eigenvalue weighted by Gasteiger charge is 2.35. The van der Waals surface area contributed by atoms with Crippen LogP contribution in [0.2, 0.25) is 0 Å². The lowest BCUT2D eigenvalue weighted by Crippen LogP contribution is -2.55. The van der Waals surface area contributed by atoms with Crippen LogP contribution >= 0.6 is 0 Å². The number of morpholine rings is 1. The molecule has 0 aliphatic carbocycles. The summed E-state index contributed by atoms with van der Waals surface area (Å²) in [5.41, 5.74) is 0.912. The van der Waals surface area contributed by atoms with E-state index in [0.717, 1.165) is 5.56 Å². The van der Waals surface area contributed by atoms with Crippen molar-refractivity contribution < 1.29 is 14.1 Å². The number of hydrogen-bond acceptors (Lipinski definition) is 4. The fraction of sp³-hybridized carbons (Fsp3) is 0.375. The topological polar surface area (TPSA) is 55.6 Å². The van der Waals surface area contributed by atoms with Crippen LogP contribution in [0.1, 0.15) is 24.3 Å². The van der Waals surface area contributed by atoms with Gasteiger partial charge in [-0.1, -0.05) is 35.5 Å². The van der Waals surface area contributed by atoms with E-state index in [1.165, 1.54) is 0 Å². The van der Waals surface area contributed by atoms with E-state index in [0.29, 0.717) is 31.2 Å². The average Bonchev–Trinajstić information content (AvgIpc) is 2.97. The van der Waals surface area contributed by atoms with Crippen LogP contribution in [0.25, 0.3) is 11.3 Å². The first-order valence-electron chi connectivity index (χ1n) is 7.00. The molecule has 1 saturated heterocycles. The number of rotatable bonds is 2. The van der Waals surface area contributed by atoms with Crippen molar-refractivity contribution in [3.8, 4) is 11.3 Å². The van der Waals surface area contributed by atoms with E-state index < -0.39 is 0 Å². The number of carbonyl (C=O) groups is 1. The zero-order valence-corrected chi connectivity index (χ0v) is 12.2. The Balaban J connectivity index is 1.84. The third-order valence-electron chi connectivity index (χ3n) is 3.68. The first-order valence-corrected chi connectivity index (χ1v) is 7.00. The third-order valence-corrected chi connectivity index (χ3v) is 3.68. The van der Waals surface area contributed by atoms with Gasteiger partial charge in [0.2, 0.25) is 0 Å². The van der Waals surface area contributed by atoms with Crippen molar-refractivity contribution in [1.82, 2.24) is 10.1 Å². The van der Waals surface area contributed by atoms with Crippen LogP contribution in [0, 0.1) is 0 Å². The highest BCUT2D eigenvalue weighted by molar-refractivity contribution is 5.93. The van der Waals surface area contributed by atoms with Gasteiger partial charge in [0, 0.05) is 18.2 Å². The van der Waals surface area contributed by atoms with Crippen LogP contribution in [0.15, 0.2) is 40.9 Å². The Hall–Kier alpha value is -2.14. The summed E-state index contributed by atoms with van der Waals surface area (Å²) in [6.45, 7) is 5.63. The van der Waals surface area contributed by atoms with Gasteiger partial charge in [0.15, 0.2) is 11.5 Å². The number of aromatic nitrogens is 1. The van der Waals surface area contributed by atoms with Gasteiger partial charge in [-0.25, -0.2) is 0 Å². The molecule has 21 heavy (non-hydrogen) atoms. The number of ether oxygens (including phenoxy) is 1. The Kier molecular flexibility index (Phi) is 3.51. The van der Waals surface area contributed by atoms with Crippen molar-refractivity contribution >= 4 is 5.91 Å². The van der Waals surface area contributed by atoms with E-state index in [-0.39, 0.29) is 11.4 Å². The van der Waals surface area contributed by atoms with Crippen molar-refractivity contribution in [2.24, 2.45) is 0 Å². The molecule has 110 valence electrons. The fourth-order valence-electron chi connectivity index (χ4n) is 2.49. The molecule has 0 bridgehead atoms. The van der Waals surface area contributed by atoms with Crippen LogP contribution in [-0.4, -0.2) is 41.3 Å². The minimum Gasteiger partial charge on any atom is -0.377 e. The molecule has 0 unspecified atom stereocenters. The second kappa shape index (κ2) is 5.33. The maximum atomic E-state index is 12.6. The van der Waals surface area contributed by atoms with Crippen molar-refractivity contribution in [2.75, 3.05) is 19.8 Å². The summed E-state index contributed by atoms with van der Waals surface area (Å²) in [4.78, 5) is 14.4. The summed E-state index contributed by atoms with van der Waals surface area (Å²) in [6.07, 6.45) is 0. The smallest absolute Gasteiger partial charge is 0.276 e. The Labute approximate surface area is 123 Å². The Bertz CT molecular complexity index is 634. The van der Waals surface area contributed by atoms with E-state index in [1.807, 2.05) is 44.2 Å². The van der Waals surface area contributed by atoms with Gasteiger partial charge in [0.05, 0.1) is 18.8 Å². The summed E-state index contributed by atoms with van der Waals surface area (Å²) in [5, 5.41) is 3.93. The van der Waals surface area contributed by atoms with Gasteiger partial charge in [-0.05, 0) is 13.8 Å². The largest absolute Gasteiger partial charge is 0.377 e. The predicted molar refractivity (Wildman–Crippen MR) is 77.9 cm³/mol. The Morgan fingerprint density at radius 3 is 2.76 bits per heavy atom. The van der Waals surface area contributed by atoms with E-state index in [4.69, 9.17) is 9.26 Å². The average molecular weight is 286 g/mol. The molecule has 1 aliphatic rings. The van der Waals surface area contributed by atoms with E-state index in [9.17, 15) is 4.79 Å². The molecule has 2 heterocycles. The van der Waals surface area contributed by atoms with Crippen LogP contribution in [-0.2, 0) is 4.74 Å². The minimum atomic E-state index is -0.332. The number of carbonyl (C=O) groups excluding carboxylic acids is 1. The maximum Gasteiger partial charge on any atom is 0.276 e. The van der Waals surface area contributed by atoms with Crippen LogP contribution in [0.4, 0.5) is 0 Å². The number of amides is 1. The molecule has 1 aliphatic heterocycles. The van der Waals surface area contributed by atoms with Crippen molar-refractivity contribution in [3.05, 3.63) is 42.1 Å². The number of nitrogens with zero attached hydrogens (tertiary/aromatic N) is 2. The first kappa shape index (κ1) is 13.8. The van der Waals surface area contributed by atoms with Crippen LogP contribution in [0.5, 0.6) is 0 Å². The van der Waals surface area contributed by atoms with E-state index in [2.05, 4.69) is 5.16 Å². The summed E-state index contributed by atoms with van der Waals surface area (Å²) < 4.78 is 10.7. The quantitative estimate of drug-likeness (QED) is 0.851. The third kappa shape index (κ3) is 2.69. The first-order chi connectivity index (χ1) is 10.1. The molecule has 0 atom stereocenters. The molecule has 1 aromatic heterocycles. The zero-order valence-electron chi connectivity index (χ0n) is 12.2. The molecule has 0 saturated carbocycles. The summed E-state index contributed by atoms with van der Waals surface area (Å²) in [6, 6.07) is 11.3. The zero-order chi connectivity index (χ0) is 14.9. The summed E-state index contributed by atoms with van der Waals surface area (Å²) >= 11 is 0. The molecular weight excluding hydrogens is 268 g/mol. The second-order valence-corrected chi connectivity index (χ2v) is 5.76. The molecular formula is C16H18N2O3. The molecule has 0 spiro atoms.